The Hall–Kier alpha value is -1.65. The Morgan fingerprint density at radius 1 is 1.47 bits per heavy atom. The van der Waals surface area contributed by atoms with E-state index in [2.05, 4.69) is 10.2 Å². The van der Waals surface area contributed by atoms with Crippen LogP contribution in [0.15, 0.2) is 0 Å². The molecule has 1 aromatic rings. The molecule has 0 aliphatic rings. The third kappa shape index (κ3) is 2.65. The van der Waals surface area contributed by atoms with Gasteiger partial charge in [0.05, 0.1) is 0 Å². The van der Waals surface area contributed by atoms with Gasteiger partial charge in [0.15, 0.2) is 12.0 Å². The summed E-state index contributed by atoms with van der Waals surface area (Å²) in [4.78, 5) is 22.1. The molecule has 0 aromatic carbocycles. The summed E-state index contributed by atoms with van der Waals surface area (Å²) < 4.78 is 5.13. The summed E-state index contributed by atoms with van der Waals surface area (Å²) in [7, 11) is 0. The molecule has 1 heterocycles. The number of esters is 1. The van der Waals surface area contributed by atoms with E-state index in [9.17, 15) is 9.59 Å². The first-order valence-corrected chi connectivity index (χ1v) is 4.58. The molecule has 0 aliphatic carbocycles. The highest BCUT2D eigenvalue weighted by molar-refractivity contribution is 5.91. The van der Waals surface area contributed by atoms with E-state index in [4.69, 9.17) is 4.74 Å². The lowest BCUT2D eigenvalue weighted by molar-refractivity contribution is 0.00620. The van der Waals surface area contributed by atoms with Crippen molar-refractivity contribution in [3.8, 4) is 0 Å². The molecule has 0 bridgehead atoms. The number of H-pyrrole nitrogens is 1. The predicted octanol–water partition coefficient (Wildman–Crippen LogP) is 1.49. The van der Waals surface area contributed by atoms with E-state index in [1.807, 2.05) is 0 Å². The van der Waals surface area contributed by atoms with E-state index in [1.165, 1.54) is 0 Å². The summed E-state index contributed by atoms with van der Waals surface area (Å²) in [5.74, 6) is -0.524. The number of nitrogens with zero attached hydrogens (tertiary/aromatic N) is 1. The van der Waals surface area contributed by atoms with E-state index < -0.39 is 11.6 Å². The number of hydrogen-bond acceptors (Lipinski definition) is 4. The molecule has 0 radical (unpaired) electrons. The molecule has 0 unspecified atom stereocenters. The maximum Gasteiger partial charge on any atom is 0.359 e. The lowest BCUT2D eigenvalue weighted by Crippen LogP contribution is -2.24. The van der Waals surface area contributed by atoms with Crippen LogP contribution in [-0.4, -0.2) is 28.1 Å². The van der Waals surface area contributed by atoms with Crippen LogP contribution in [0.4, 0.5) is 0 Å². The van der Waals surface area contributed by atoms with Crippen molar-refractivity contribution in [3.05, 3.63) is 17.0 Å². The van der Waals surface area contributed by atoms with Crippen molar-refractivity contribution in [2.75, 3.05) is 0 Å². The molecular weight excluding hydrogens is 196 g/mol. The van der Waals surface area contributed by atoms with Gasteiger partial charge in [-0.1, -0.05) is 0 Å². The first-order chi connectivity index (χ1) is 6.85. The lowest BCUT2D eigenvalue weighted by atomic mass is 10.2. The predicted molar refractivity (Wildman–Crippen MR) is 53.9 cm³/mol. The molecule has 0 atom stereocenters. The van der Waals surface area contributed by atoms with E-state index in [0.29, 0.717) is 17.5 Å². The van der Waals surface area contributed by atoms with Crippen LogP contribution in [-0.2, 0) is 4.74 Å². The van der Waals surface area contributed by atoms with Gasteiger partial charge in [-0.15, -0.1) is 0 Å². The van der Waals surface area contributed by atoms with Crippen molar-refractivity contribution in [2.24, 2.45) is 0 Å². The second-order valence-electron chi connectivity index (χ2n) is 4.23. The average Bonchev–Trinajstić information content (AvgIpc) is 2.43. The van der Waals surface area contributed by atoms with Gasteiger partial charge in [0, 0.05) is 5.56 Å². The van der Waals surface area contributed by atoms with Crippen molar-refractivity contribution in [1.82, 2.24) is 10.2 Å². The molecular formula is C10H14N2O3. The van der Waals surface area contributed by atoms with Gasteiger partial charge >= 0.3 is 5.97 Å². The van der Waals surface area contributed by atoms with Crippen LogP contribution in [0.5, 0.6) is 0 Å². The number of aromatic amines is 1. The molecule has 82 valence electrons. The second kappa shape index (κ2) is 3.84. The third-order valence-electron chi connectivity index (χ3n) is 1.76. The standard InChI is InChI=1S/C10H14N2O3/c1-6-7(5-13)11-12-8(6)9(14)15-10(2,3)4/h5H,1-4H3,(H,11,12). The summed E-state index contributed by atoms with van der Waals surface area (Å²) >= 11 is 0. The first-order valence-electron chi connectivity index (χ1n) is 4.58. The number of carbonyl (C=O) groups is 2. The molecule has 0 saturated heterocycles. The monoisotopic (exact) mass is 210 g/mol. The van der Waals surface area contributed by atoms with Crippen LogP contribution in [0.25, 0.3) is 0 Å². The highest BCUT2D eigenvalue weighted by Crippen LogP contribution is 2.14. The number of rotatable bonds is 2. The number of aldehydes is 1. The highest BCUT2D eigenvalue weighted by Gasteiger charge is 2.22. The Balaban J connectivity index is 2.92. The second-order valence-corrected chi connectivity index (χ2v) is 4.23. The maximum atomic E-state index is 11.6. The number of nitrogens with one attached hydrogen (secondary N) is 1. The number of hydrogen-bond donors (Lipinski definition) is 1. The minimum Gasteiger partial charge on any atom is -0.455 e. The quantitative estimate of drug-likeness (QED) is 0.593. The normalized spacial score (nSPS) is 11.2. The lowest BCUT2D eigenvalue weighted by Gasteiger charge is -2.18. The number of carbonyl (C=O) groups excluding carboxylic acids is 2. The molecule has 0 fully saturated rings. The van der Waals surface area contributed by atoms with Crippen LogP contribution in [0.3, 0.4) is 0 Å². The molecule has 1 rings (SSSR count). The van der Waals surface area contributed by atoms with Crippen LogP contribution in [0.1, 0.15) is 47.3 Å². The fourth-order valence-corrected chi connectivity index (χ4v) is 1.05. The molecule has 15 heavy (non-hydrogen) atoms. The zero-order valence-electron chi connectivity index (χ0n) is 9.25. The van der Waals surface area contributed by atoms with E-state index >= 15 is 0 Å². The molecule has 1 N–H and O–H groups in total. The number of aromatic nitrogens is 2. The van der Waals surface area contributed by atoms with Crippen LogP contribution < -0.4 is 0 Å². The topological polar surface area (TPSA) is 72.0 Å². The van der Waals surface area contributed by atoms with Crippen molar-refractivity contribution < 1.29 is 14.3 Å². The van der Waals surface area contributed by atoms with E-state index in [1.54, 1.807) is 27.7 Å². The van der Waals surface area contributed by atoms with E-state index in [0.717, 1.165) is 0 Å². The van der Waals surface area contributed by atoms with Gasteiger partial charge in [-0.05, 0) is 27.7 Å². The summed E-state index contributed by atoms with van der Waals surface area (Å²) in [5.41, 5.74) is 0.409. The van der Waals surface area contributed by atoms with Crippen molar-refractivity contribution in [1.29, 1.82) is 0 Å². The Morgan fingerprint density at radius 2 is 2.07 bits per heavy atom. The van der Waals surface area contributed by atoms with Crippen LogP contribution in [0, 0.1) is 6.92 Å². The van der Waals surface area contributed by atoms with Gasteiger partial charge in [0.25, 0.3) is 0 Å². The van der Waals surface area contributed by atoms with Gasteiger partial charge in [-0.25, -0.2) is 4.79 Å². The molecule has 1 aromatic heterocycles. The minimum absolute atomic E-state index is 0.159. The smallest absolute Gasteiger partial charge is 0.359 e. The summed E-state index contributed by atoms with van der Waals surface area (Å²) in [5, 5.41) is 6.21. The van der Waals surface area contributed by atoms with E-state index in [-0.39, 0.29) is 5.69 Å². The Labute approximate surface area is 87.8 Å². The fourth-order valence-electron chi connectivity index (χ4n) is 1.05. The maximum absolute atomic E-state index is 11.6. The summed E-state index contributed by atoms with van der Waals surface area (Å²) in [6, 6.07) is 0. The van der Waals surface area contributed by atoms with Crippen molar-refractivity contribution >= 4 is 12.3 Å². The van der Waals surface area contributed by atoms with Gasteiger partial charge in [-0.3, -0.25) is 9.89 Å². The zero-order chi connectivity index (χ0) is 11.6. The first kappa shape index (κ1) is 11.4. The van der Waals surface area contributed by atoms with Crippen LogP contribution in [0.2, 0.25) is 0 Å². The van der Waals surface area contributed by atoms with Crippen LogP contribution >= 0.6 is 0 Å². The summed E-state index contributed by atoms with van der Waals surface area (Å²) in [6.07, 6.45) is 0.621. The van der Waals surface area contributed by atoms with Gasteiger partial charge in [0.1, 0.15) is 11.3 Å². The summed E-state index contributed by atoms with van der Waals surface area (Å²) in [6.45, 7) is 6.96. The number of ether oxygens (including phenoxy) is 1. The molecule has 0 saturated carbocycles. The fraction of sp³-hybridized carbons (Fsp3) is 0.500. The average molecular weight is 210 g/mol. The highest BCUT2D eigenvalue weighted by atomic mass is 16.6. The molecule has 5 heteroatoms. The Morgan fingerprint density at radius 3 is 2.47 bits per heavy atom. The zero-order valence-corrected chi connectivity index (χ0v) is 9.25. The van der Waals surface area contributed by atoms with Crippen molar-refractivity contribution in [3.63, 3.8) is 0 Å². The van der Waals surface area contributed by atoms with Gasteiger partial charge < -0.3 is 4.74 Å². The molecule has 0 aliphatic heterocycles. The Kier molecular flexibility index (Phi) is 2.93. The molecule has 0 spiro atoms. The van der Waals surface area contributed by atoms with Gasteiger partial charge in [0.2, 0.25) is 0 Å². The molecule has 0 amide bonds. The largest absolute Gasteiger partial charge is 0.455 e. The Bertz CT molecular complexity index is 388. The third-order valence-corrected chi connectivity index (χ3v) is 1.76. The SMILES string of the molecule is Cc1c(C(=O)OC(C)(C)C)n[nH]c1C=O. The molecule has 5 nitrogen and oxygen atoms in total. The van der Waals surface area contributed by atoms with Gasteiger partial charge in [-0.2, -0.15) is 5.10 Å². The minimum atomic E-state index is -0.566. The van der Waals surface area contributed by atoms with Crippen molar-refractivity contribution in [2.45, 2.75) is 33.3 Å².